The zero-order valence-electron chi connectivity index (χ0n) is 15.8. The highest BCUT2D eigenvalue weighted by Crippen LogP contribution is 2.06. The van der Waals surface area contributed by atoms with Crippen molar-refractivity contribution in [1.82, 2.24) is 16.0 Å². The third kappa shape index (κ3) is 10.6. The third-order valence-corrected chi connectivity index (χ3v) is 3.37. The lowest BCUT2D eigenvalue weighted by molar-refractivity contribution is 0.0698. The Morgan fingerprint density at radius 1 is 1.19 bits per heavy atom. The Morgan fingerprint density at radius 3 is 2.69 bits per heavy atom. The second kappa shape index (κ2) is 15.8. The summed E-state index contributed by atoms with van der Waals surface area (Å²) in [5.41, 5.74) is 1.63. The Labute approximate surface area is 173 Å². The van der Waals surface area contributed by atoms with Gasteiger partial charge in [0.15, 0.2) is 5.96 Å². The van der Waals surface area contributed by atoms with Crippen molar-refractivity contribution < 1.29 is 14.3 Å². The van der Waals surface area contributed by atoms with Crippen LogP contribution in [0.1, 0.15) is 29.3 Å². The maximum absolute atomic E-state index is 11.7. The van der Waals surface area contributed by atoms with Crippen molar-refractivity contribution in [3.63, 3.8) is 0 Å². The van der Waals surface area contributed by atoms with Crippen molar-refractivity contribution in [2.24, 2.45) is 4.99 Å². The van der Waals surface area contributed by atoms with Gasteiger partial charge >= 0.3 is 0 Å². The minimum absolute atomic E-state index is 0. The second-order valence-corrected chi connectivity index (χ2v) is 5.36. The number of guanidine groups is 1. The van der Waals surface area contributed by atoms with E-state index in [1.54, 1.807) is 20.2 Å². The molecule has 7 nitrogen and oxygen atoms in total. The first-order valence-electron chi connectivity index (χ1n) is 8.61. The Morgan fingerprint density at radius 2 is 2.00 bits per heavy atom. The summed E-state index contributed by atoms with van der Waals surface area (Å²) in [4.78, 5) is 16.2. The van der Waals surface area contributed by atoms with Gasteiger partial charge in [0.25, 0.3) is 5.91 Å². The Bertz CT molecular complexity index is 541. The van der Waals surface area contributed by atoms with Gasteiger partial charge < -0.3 is 25.4 Å². The summed E-state index contributed by atoms with van der Waals surface area (Å²) in [6.45, 7) is 6.01. The fraction of sp³-hybridized carbons (Fsp3) is 0.556. The number of nitrogens with one attached hydrogen (secondary N) is 3. The van der Waals surface area contributed by atoms with Crippen LogP contribution in [0, 0.1) is 0 Å². The molecule has 0 aliphatic rings. The molecule has 0 aliphatic heterocycles. The average Bonchev–Trinajstić information content (AvgIpc) is 2.64. The summed E-state index contributed by atoms with van der Waals surface area (Å²) < 4.78 is 10.4. The average molecular weight is 478 g/mol. The number of aliphatic imine (C=N–C) groups is 1. The van der Waals surface area contributed by atoms with E-state index in [0.717, 1.165) is 31.0 Å². The van der Waals surface area contributed by atoms with Crippen molar-refractivity contribution in [3.8, 4) is 0 Å². The molecule has 0 spiro atoms. The van der Waals surface area contributed by atoms with Gasteiger partial charge in [-0.15, -0.1) is 24.0 Å². The molecule has 0 radical (unpaired) electrons. The van der Waals surface area contributed by atoms with Crippen molar-refractivity contribution in [1.29, 1.82) is 0 Å². The molecule has 0 unspecified atom stereocenters. The summed E-state index contributed by atoms with van der Waals surface area (Å²) in [7, 11) is 3.29. The van der Waals surface area contributed by atoms with Gasteiger partial charge in [0.2, 0.25) is 0 Å². The molecule has 0 bridgehead atoms. The lowest BCUT2D eigenvalue weighted by Crippen LogP contribution is -2.38. The van der Waals surface area contributed by atoms with Gasteiger partial charge in [0.1, 0.15) is 0 Å². The van der Waals surface area contributed by atoms with Gasteiger partial charge in [-0.25, -0.2) is 4.99 Å². The number of amides is 1. The van der Waals surface area contributed by atoms with E-state index in [-0.39, 0.29) is 29.9 Å². The Kier molecular flexibility index (Phi) is 15.0. The molecule has 1 aromatic rings. The van der Waals surface area contributed by atoms with Crippen LogP contribution in [-0.4, -0.2) is 58.9 Å². The van der Waals surface area contributed by atoms with Gasteiger partial charge in [-0.3, -0.25) is 4.79 Å². The minimum Gasteiger partial charge on any atom is -0.382 e. The highest BCUT2D eigenvalue weighted by molar-refractivity contribution is 14.0. The van der Waals surface area contributed by atoms with Gasteiger partial charge in [0, 0.05) is 39.4 Å². The molecule has 0 saturated carbocycles. The summed E-state index contributed by atoms with van der Waals surface area (Å²) in [5, 5.41) is 9.12. The summed E-state index contributed by atoms with van der Waals surface area (Å²) in [5.74, 6) is 0.661. The van der Waals surface area contributed by atoms with Crippen molar-refractivity contribution >= 4 is 35.8 Å². The molecule has 26 heavy (non-hydrogen) atoms. The summed E-state index contributed by atoms with van der Waals surface area (Å²) in [6, 6.07) is 7.48. The zero-order valence-corrected chi connectivity index (χ0v) is 18.2. The first-order chi connectivity index (χ1) is 12.2. The second-order valence-electron chi connectivity index (χ2n) is 5.36. The van der Waals surface area contributed by atoms with E-state index in [1.807, 2.05) is 25.1 Å². The monoisotopic (exact) mass is 478 g/mol. The van der Waals surface area contributed by atoms with Gasteiger partial charge in [-0.1, -0.05) is 12.1 Å². The first kappa shape index (κ1) is 24.6. The predicted octanol–water partition coefficient (Wildman–Crippen LogP) is 1.77. The van der Waals surface area contributed by atoms with Crippen LogP contribution in [0.5, 0.6) is 0 Å². The molecule has 0 aromatic heterocycles. The standard InChI is InChI=1S/C18H30N4O3.HI/c1-4-20-18(21-9-6-10-25-12-11-24-3)22-14-15-7-5-8-16(13-15)17(23)19-2;/h5,7-8,13H,4,6,9-12,14H2,1-3H3,(H,19,23)(H2,20,21,22);1H. The minimum atomic E-state index is -0.0932. The Balaban J connectivity index is 0.00000625. The van der Waals surface area contributed by atoms with Crippen molar-refractivity contribution in [2.45, 2.75) is 19.9 Å². The molecular formula is C18H31IN4O3. The number of ether oxygens (including phenoxy) is 2. The largest absolute Gasteiger partial charge is 0.382 e. The van der Waals surface area contributed by atoms with Crippen LogP contribution in [0.2, 0.25) is 0 Å². The maximum atomic E-state index is 11.7. The van der Waals surface area contributed by atoms with Crippen LogP contribution in [0.25, 0.3) is 0 Å². The van der Waals surface area contributed by atoms with E-state index < -0.39 is 0 Å². The number of benzene rings is 1. The molecule has 1 amide bonds. The molecule has 1 rings (SSSR count). The highest BCUT2D eigenvalue weighted by atomic mass is 127. The number of carbonyl (C=O) groups is 1. The fourth-order valence-corrected chi connectivity index (χ4v) is 2.09. The first-order valence-corrected chi connectivity index (χ1v) is 8.61. The molecule has 8 heteroatoms. The Hall–Kier alpha value is -1.39. The highest BCUT2D eigenvalue weighted by Gasteiger charge is 2.04. The number of halogens is 1. The normalized spacial score (nSPS) is 10.8. The van der Waals surface area contributed by atoms with E-state index in [4.69, 9.17) is 9.47 Å². The van der Waals surface area contributed by atoms with Gasteiger partial charge in [-0.2, -0.15) is 0 Å². The van der Waals surface area contributed by atoms with E-state index >= 15 is 0 Å². The number of carbonyl (C=O) groups excluding carboxylic acids is 1. The molecule has 3 N–H and O–H groups in total. The van der Waals surface area contributed by atoms with Crippen LogP contribution in [0.3, 0.4) is 0 Å². The molecule has 0 heterocycles. The summed E-state index contributed by atoms with van der Waals surface area (Å²) >= 11 is 0. The predicted molar refractivity (Wildman–Crippen MR) is 115 cm³/mol. The quantitative estimate of drug-likeness (QED) is 0.196. The smallest absolute Gasteiger partial charge is 0.251 e. The molecule has 1 aromatic carbocycles. The van der Waals surface area contributed by atoms with Gasteiger partial charge in [0.05, 0.1) is 19.8 Å². The SMILES string of the molecule is CCNC(=NCc1cccc(C(=O)NC)c1)NCCCOCCOC.I. The number of methoxy groups -OCH3 is 1. The number of rotatable bonds is 11. The van der Waals surface area contributed by atoms with Crippen LogP contribution >= 0.6 is 24.0 Å². The van der Waals surface area contributed by atoms with Crippen LogP contribution in [0.15, 0.2) is 29.3 Å². The summed E-state index contributed by atoms with van der Waals surface area (Å²) in [6.07, 6.45) is 0.889. The van der Waals surface area contributed by atoms with Crippen molar-refractivity contribution in [3.05, 3.63) is 35.4 Å². The number of nitrogens with zero attached hydrogens (tertiary/aromatic N) is 1. The van der Waals surface area contributed by atoms with E-state index in [2.05, 4.69) is 20.9 Å². The molecule has 0 aliphatic carbocycles. The van der Waals surface area contributed by atoms with E-state index in [0.29, 0.717) is 31.9 Å². The number of hydrogen-bond donors (Lipinski definition) is 3. The lowest BCUT2D eigenvalue weighted by Gasteiger charge is -2.11. The van der Waals surface area contributed by atoms with E-state index in [1.165, 1.54) is 0 Å². The van der Waals surface area contributed by atoms with E-state index in [9.17, 15) is 4.79 Å². The topological polar surface area (TPSA) is 84.0 Å². The molecular weight excluding hydrogens is 447 g/mol. The molecule has 0 fully saturated rings. The molecule has 148 valence electrons. The van der Waals surface area contributed by atoms with Crippen LogP contribution in [-0.2, 0) is 16.0 Å². The van der Waals surface area contributed by atoms with Crippen LogP contribution in [0.4, 0.5) is 0 Å². The number of hydrogen-bond acceptors (Lipinski definition) is 4. The molecule has 0 saturated heterocycles. The van der Waals surface area contributed by atoms with Crippen LogP contribution < -0.4 is 16.0 Å². The fourth-order valence-electron chi connectivity index (χ4n) is 2.09. The molecule has 0 atom stereocenters. The lowest BCUT2D eigenvalue weighted by atomic mass is 10.1. The van der Waals surface area contributed by atoms with Gasteiger partial charge in [-0.05, 0) is 31.0 Å². The third-order valence-electron chi connectivity index (χ3n) is 3.37. The maximum Gasteiger partial charge on any atom is 0.251 e. The van der Waals surface area contributed by atoms with Crippen molar-refractivity contribution in [2.75, 3.05) is 47.1 Å². The zero-order chi connectivity index (χ0) is 18.3.